The van der Waals surface area contributed by atoms with E-state index in [1.165, 1.54) is 6.07 Å². The average Bonchev–Trinajstić information content (AvgIpc) is 3.07. The molecule has 9 heteroatoms. The van der Waals surface area contributed by atoms with E-state index in [-0.39, 0.29) is 11.5 Å². The smallest absolute Gasteiger partial charge is 0.189 e. The molecule has 0 radical (unpaired) electrons. The van der Waals surface area contributed by atoms with Gasteiger partial charge in [0.2, 0.25) is 0 Å². The number of ether oxygens (including phenoxy) is 1. The molecule has 2 fully saturated rings. The Morgan fingerprint density at radius 1 is 1.04 bits per heavy atom. The van der Waals surface area contributed by atoms with Crippen LogP contribution in [0.2, 0.25) is 0 Å². The molecule has 2 heterocycles. The second-order valence-electron chi connectivity index (χ2n) is 6.33. The summed E-state index contributed by atoms with van der Waals surface area (Å²) in [5.41, 5.74) is 8.65. The summed E-state index contributed by atoms with van der Waals surface area (Å²) >= 11 is 8.74. The van der Waals surface area contributed by atoms with Gasteiger partial charge in [0.25, 0.3) is 0 Å². The number of phenols is 2. The Bertz CT molecular complexity index is 858. The van der Waals surface area contributed by atoms with Crippen LogP contribution in [0, 0.1) is 0 Å². The molecule has 7 nitrogen and oxygen atoms in total. The molecule has 2 aliphatic rings. The number of aromatic hydroxyl groups is 2. The maximum Gasteiger partial charge on any atom is 0.189 e. The maximum absolute atomic E-state index is 10.3. The van der Waals surface area contributed by atoms with E-state index in [0.717, 1.165) is 37.7 Å². The highest BCUT2D eigenvalue weighted by molar-refractivity contribution is 9.10. The summed E-state index contributed by atoms with van der Waals surface area (Å²) in [7, 11) is 0. The van der Waals surface area contributed by atoms with Crippen molar-refractivity contribution in [3.8, 4) is 11.5 Å². The molecule has 0 spiro atoms. The van der Waals surface area contributed by atoms with Gasteiger partial charge in [0.1, 0.15) is 17.7 Å². The fourth-order valence-electron chi connectivity index (χ4n) is 3.29. The molecule has 0 bridgehead atoms. The lowest BCUT2D eigenvalue weighted by Gasteiger charge is -2.30. The third kappa shape index (κ3) is 3.55. The van der Waals surface area contributed by atoms with Crippen LogP contribution in [0.15, 0.2) is 40.9 Å². The van der Waals surface area contributed by atoms with E-state index in [1.54, 1.807) is 6.07 Å². The summed E-state index contributed by atoms with van der Waals surface area (Å²) in [4.78, 5) is 4.17. The van der Waals surface area contributed by atoms with E-state index in [4.69, 9.17) is 17.0 Å². The maximum atomic E-state index is 10.3. The number of nitrogens with zero attached hydrogens (tertiary/aromatic N) is 2. The summed E-state index contributed by atoms with van der Waals surface area (Å²) < 4.78 is 5.90. The van der Waals surface area contributed by atoms with Crippen LogP contribution in [0.4, 0.5) is 11.4 Å². The van der Waals surface area contributed by atoms with Crippen LogP contribution in [0.25, 0.3) is 0 Å². The number of halogens is 1. The van der Waals surface area contributed by atoms with Crippen LogP contribution in [-0.4, -0.2) is 41.6 Å². The highest BCUT2D eigenvalue weighted by Gasteiger charge is 2.32. The predicted octanol–water partition coefficient (Wildman–Crippen LogP) is 2.59. The molecule has 2 saturated heterocycles. The standard InChI is InChI=1S/C18H19BrN4O3S/c19-14-9-13(15(24)10-16(14)25)17-20-21-18(27)23(17)12-3-1-11(2-4-12)22-5-7-26-8-6-22/h1-4,9-10,17,20,24-25H,5-8H2,(H,21,27). The zero-order valence-corrected chi connectivity index (χ0v) is 16.8. The highest BCUT2D eigenvalue weighted by Crippen LogP contribution is 2.38. The fourth-order valence-corrected chi connectivity index (χ4v) is 3.92. The molecule has 4 N–H and O–H groups in total. The van der Waals surface area contributed by atoms with Gasteiger partial charge in [-0.2, -0.15) is 0 Å². The molecule has 2 aromatic carbocycles. The first-order valence-corrected chi connectivity index (χ1v) is 9.73. The van der Waals surface area contributed by atoms with Crippen molar-refractivity contribution < 1.29 is 14.9 Å². The molecule has 0 amide bonds. The molecule has 2 aromatic rings. The highest BCUT2D eigenvalue weighted by atomic mass is 79.9. The minimum absolute atomic E-state index is 0.0189. The Morgan fingerprint density at radius 3 is 2.41 bits per heavy atom. The lowest BCUT2D eigenvalue weighted by molar-refractivity contribution is 0.122. The van der Waals surface area contributed by atoms with Gasteiger partial charge in [-0.05, 0) is 58.5 Å². The molecule has 2 aliphatic heterocycles. The van der Waals surface area contributed by atoms with E-state index < -0.39 is 6.17 Å². The van der Waals surface area contributed by atoms with Gasteiger partial charge in [0.15, 0.2) is 5.11 Å². The van der Waals surface area contributed by atoms with Crippen LogP contribution < -0.4 is 20.7 Å². The second-order valence-corrected chi connectivity index (χ2v) is 7.57. The number of thiocarbonyl (C=S) groups is 1. The Hall–Kier alpha value is -2.07. The van der Waals surface area contributed by atoms with Gasteiger partial charge < -0.3 is 19.8 Å². The van der Waals surface area contributed by atoms with Crippen molar-refractivity contribution in [1.29, 1.82) is 0 Å². The van der Waals surface area contributed by atoms with Crippen molar-refractivity contribution >= 4 is 44.6 Å². The summed E-state index contributed by atoms with van der Waals surface area (Å²) in [5, 5.41) is 20.6. The topological polar surface area (TPSA) is 80.2 Å². The van der Waals surface area contributed by atoms with Crippen molar-refractivity contribution in [3.05, 3.63) is 46.4 Å². The minimum Gasteiger partial charge on any atom is -0.507 e. The Morgan fingerprint density at radius 2 is 1.70 bits per heavy atom. The zero-order chi connectivity index (χ0) is 19.0. The Balaban J connectivity index is 1.63. The first-order chi connectivity index (χ1) is 13.0. The molecule has 142 valence electrons. The average molecular weight is 451 g/mol. The number of phenolic OH excluding ortho intramolecular Hbond substituents is 2. The molecule has 1 unspecified atom stereocenters. The number of anilines is 2. The number of benzene rings is 2. The first kappa shape index (κ1) is 18.3. The number of hydrogen-bond donors (Lipinski definition) is 4. The summed E-state index contributed by atoms with van der Waals surface area (Å²) in [6.07, 6.45) is -0.413. The molecule has 27 heavy (non-hydrogen) atoms. The second kappa shape index (κ2) is 7.51. The Kier molecular flexibility index (Phi) is 5.09. The van der Waals surface area contributed by atoms with Gasteiger partial charge in [-0.1, -0.05) is 0 Å². The van der Waals surface area contributed by atoms with Crippen LogP contribution in [-0.2, 0) is 4.74 Å². The summed E-state index contributed by atoms with van der Waals surface area (Å²) in [6.45, 7) is 3.23. The minimum atomic E-state index is -0.413. The first-order valence-electron chi connectivity index (χ1n) is 8.53. The van der Waals surface area contributed by atoms with Crippen molar-refractivity contribution in [3.63, 3.8) is 0 Å². The van der Waals surface area contributed by atoms with Gasteiger partial charge in [0.05, 0.1) is 17.7 Å². The third-order valence-electron chi connectivity index (χ3n) is 4.69. The van der Waals surface area contributed by atoms with Crippen LogP contribution >= 0.6 is 28.1 Å². The van der Waals surface area contributed by atoms with E-state index in [2.05, 4.69) is 43.8 Å². The summed E-state index contributed by atoms with van der Waals surface area (Å²) in [6, 6.07) is 11.1. The van der Waals surface area contributed by atoms with Gasteiger partial charge in [-0.3, -0.25) is 10.3 Å². The molecular weight excluding hydrogens is 432 g/mol. The van der Waals surface area contributed by atoms with E-state index in [0.29, 0.717) is 15.1 Å². The Labute approximate surface area is 170 Å². The van der Waals surface area contributed by atoms with Crippen LogP contribution in [0.3, 0.4) is 0 Å². The van der Waals surface area contributed by atoms with Gasteiger partial charge in [-0.25, -0.2) is 5.43 Å². The lowest BCUT2D eigenvalue weighted by atomic mass is 10.1. The van der Waals surface area contributed by atoms with E-state index >= 15 is 0 Å². The largest absolute Gasteiger partial charge is 0.507 e. The lowest BCUT2D eigenvalue weighted by Crippen LogP contribution is -2.36. The molecule has 0 aliphatic carbocycles. The molecule has 4 rings (SSSR count). The molecular formula is C18H19BrN4O3S. The molecule has 1 atom stereocenters. The summed E-state index contributed by atoms with van der Waals surface area (Å²) in [5.74, 6) is -0.0409. The molecule has 0 aromatic heterocycles. The van der Waals surface area contributed by atoms with Crippen molar-refractivity contribution in [2.75, 3.05) is 36.1 Å². The monoisotopic (exact) mass is 450 g/mol. The number of nitrogens with one attached hydrogen (secondary N) is 2. The zero-order valence-electron chi connectivity index (χ0n) is 14.4. The van der Waals surface area contributed by atoms with Crippen LogP contribution in [0.1, 0.15) is 11.7 Å². The fraction of sp³-hybridized carbons (Fsp3) is 0.278. The van der Waals surface area contributed by atoms with Gasteiger partial charge in [-0.15, -0.1) is 0 Å². The van der Waals surface area contributed by atoms with Crippen molar-refractivity contribution in [2.24, 2.45) is 0 Å². The normalized spacial score (nSPS) is 20.0. The number of morpholine rings is 1. The van der Waals surface area contributed by atoms with Crippen molar-refractivity contribution in [2.45, 2.75) is 6.17 Å². The quantitative estimate of drug-likeness (QED) is 0.531. The molecule has 0 saturated carbocycles. The number of rotatable bonds is 3. The number of hydrogen-bond acceptors (Lipinski definition) is 6. The number of hydrazine groups is 1. The van der Waals surface area contributed by atoms with Gasteiger partial charge in [0, 0.05) is 36.1 Å². The van der Waals surface area contributed by atoms with Crippen LogP contribution in [0.5, 0.6) is 11.5 Å². The van der Waals surface area contributed by atoms with Crippen molar-refractivity contribution in [1.82, 2.24) is 10.9 Å². The van der Waals surface area contributed by atoms with Gasteiger partial charge >= 0.3 is 0 Å². The third-order valence-corrected chi connectivity index (χ3v) is 5.62. The predicted molar refractivity (Wildman–Crippen MR) is 111 cm³/mol. The van der Waals surface area contributed by atoms with E-state index in [1.807, 2.05) is 17.0 Å². The SMILES string of the molecule is Oc1cc(O)c(C2NNC(=S)N2c2ccc(N3CCOCC3)cc2)cc1Br. The van der Waals surface area contributed by atoms with E-state index in [9.17, 15) is 10.2 Å².